The molecule has 0 aliphatic carbocycles. The van der Waals surface area contributed by atoms with E-state index in [4.69, 9.17) is 22.1 Å². The molecule has 6 rings (SSSR count). The number of piperazine rings is 1. The maximum Gasteiger partial charge on any atom is 0.418 e. The molecule has 0 spiro atoms. The van der Waals surface area contributed by atoms with Crippen molar-refractivity contribution in [2.24, 2.45) is 0 Å². The number of para-hydroxylation sites is 1. The van der Waals surface area contributed by atoms with Crippen molar-refractivity contribution in [3.05, 3.63) is 58.1 Å². The van der Waals surface area contributed by atoms with Gasteiger partial charge in [-0.3, -0.25) is 19.4 Å². The molecule has 294 valence electrons. The first-order valence-corrected chi connectivity index (χ1v) is 18.8. The summed E-state index contributed by atoms with van der Waals surface area (Å²) >= 11 is 6.11. The van der Waals surface area contributed by atoms with Crippen LogP contribution in [0.1, 0.15) is 49.3 Å². The van der Waals surface area contributed by atoms with Crippen LogP contribution in [0, 0.1) is 0 Å². The number of hydrogen-bond donors (Lipinski definition) is 3. The van der Waals surface area contributed by atoms with Crippen LogP contribution in [0.2, 0.25) is 5.02 Å². The zero-order chi connectivity index (χ0) is 38.7. The number of nitrogens with two attached hydrogens (primary N) is 1. The van der Waals surface area contributed by atoms with E-state index in [2.05, 4.69) is 10.2 Å². The van der Waals surface area contributed by atoms with Gasteiger partial charge < -0.3 is 35.6 Å². The Labute approximate surface area is 317 Å². The number of nitrogens with zero attached hydrogens (tertiary/aromatic N) is 5. The van der Waals surface area contributed by atoms with Crippen molar-refractivity contribution in [2.75, 3.05) is 70.0 Å². The van der Waals surface area contributed by atoms with Crippen LogP contribution in [-0.2, 0) is 33.3 Å². The van der Waals surface area contributed by atoms with Gasteiger partial charge in [-0.05, 0) is 68.4 Å². The first-order valence-electron chi connectivity index (χ1n) is 18.5. The smallest absolute Gasteiger partial charge is 0.418 e. The second-order valence-electron chi connectivity index (χ2n) is 14.5. The van der Waals surface area contributed by atoms with Crippen molar-refractivity contribution >= 4 is 47.0 Å². The number of carboxylic acids is 1. The predicted molar refractivity (Wildman–Crippen MR) is 195 cm³/mol. The summed E-state index contributed by atoms with van der Waals surface area (Å²) < 4.78 is 47.4. The highest BCUT2D eigenvalue weighted by atomic mass is 35.5. The molecule has 0 aromatic heterocycles. The largest absolute Gasteiger partial charge is 0.480 e. The highest BCUT2D eigenvalue weighted by Crippen LogP contribution is 2.38. The first kappa shape index (κ1) is 39.4. The van der Waals surface area contributed by atoms with E-state index in [1.807, 2.05) is 29.2 Å². The number of fused-ring (bicyclic) bond motifs is 1. The molecular weight excluding hydrogens is 731 g/mol. The molecule has 3 fully saturated rings. The number of ether oxygens (including phenoxy) is 1. The molecule has 4 aliphatic rings. The summed E-state index contributed by atoms with van der Waals surface area (Å²) in [5, 5.41) is 12.0. The third-order valence-electron chi connectivity index (χ3n) is 11.3. The number of benzene rings is 2. The van der Waals surface area contributed by atoms with E-state index < -0.39 is 47.5 Å². The minimum Gasteiger partial charge on any atom is -0.480 e. The number of carboxylic acid groups (broad SMARTS) is 1. The van der Waals surface area contributed by atoms with E-state index in [0.29, 0.717) is 65.1 Å². The van der Waals surface area contributed by atoms with Crippen LogP contribution in [-0.4, -0.2) is 137 Å². The summed E-state index contributed by atoms with van der Waals surface area (Å²) in [6.45, 7) is 5.74. The number of rotatable bonds is 8. The number of urea groups is 1. The van der Waals surface area contributed by atoms with Crippen molar-refractivity contribution in [1.29, 1.82) is 0 Å². The number of piperidine rings is 2. The number of alkyl halides is 3. The topological polar surface area (TPSA) is 152 Å². The Balaban J connectivity index is 1.10. The molecule has 54 heavy (non-hydrogen) atoms. The number of hydrogen-bond acceptors (Lipinski definition) is 8. The van der Waals surface area contributed by atoms with Gasteiger partial charge >= 0.3 is 24.3 Å². The number of carbonyl (C=O) groups excluding carboxylic acids is 3. The molecule has 2 aromatic rings. The fraction of sp³-hybridized carbons (Fsp3) is 0.568. The van der Waals surface area contributed by atoms with Gasteiger partial charge in [-0.15, -0.1) is 0 Å². The summed E-state index contributed by atoms with van der Waals surface area (Å²) in [6.07, 6.45) is -4.11. The maximum atomic E-state index is 14.1. The summed E-state index contributed by atoms with van der Waals surface area (Å²) in [7, 11) is 0. The van der Waals surface area contributed by atoms with Crippen molar-refractivity contribution in [1.82, 2.24) is 24.5 Å². The monoisotopic (exact) mass is 777 g/mol. The third kappa shape index (κ3) is 8.98. The van der Waals surface area contributed by atoms with Gasteiger partial charge in [-0.2, -0.15) is 13.2 Å². The van der Waals surface area contributed by atoms with Crippen molar-refractivity contribution in [2.45, 2.75) is 75.9 Å². The molecule has 4 N–H and O–H groups in total. The summed E-state index contributed by atoms with van der Waals surface area (Å²) in [5.41, 5.74) is 5.76. The molecule has 3 saturated heterocycles. The molecule has 4 aliphatic heterocycles. The molecule has 13 nitrogen and oxygen atoms in total. The molecule has 2 aromatic carbocycles. The van der Waals surface area contributed by atoms with E-state index in [1.165, 1.54) is 11.0 Å². The average Bonchev–Trinajstić information content (AvgIpc) is 3.33. The SMILES string of the molecule is C[C@H](C(=O)O)N1CCC(N2CCN(C(=O)C(Cc3cc(Cl)c(N)c(C(F)(F)F)c3)OC(=O)N3CCC(N4CCc5ccccc5NC4=O)CC3)CC2)CC1. The quantitative estimate of drug-likeness (QED) is 0.326. The second-order valence-corrected chi connectivity index (χ2v) is 14.9. The van der Waals surface area contributed by atoms with Gasteiger partial charge in [0.2, 0.25) is 0 Å². The van der Waals surface area contributed by atoms with Crippen LogP contribution in [0.25, 0.3) is 0 Å². The van der Waals surface area contributed by atoms with Crippen LogP contribution in [0.4, 0.5) is 34.1 Å². The Morgan fingerprint density at radius 1 is 0.944 bits per heavy atom. The fourth-order valence-electron chi connectivity index (χ4n) is 8.02. The fourth-order valence-corrected chi connectivity index (χ4v) is 8.26. The van der Waals surface area contributed by atoms with Crippen LogP contribution in [0.15, 0.2) is 36.4 Å². The lowest BCUT2D eigenvalue weighted by molar-refractivity contribution is -0.143. The molecule has 4 amide bonds. The Morgan fingerprint density at radius 3 is 2.24 bits per heavy atom. The lowest BCUT2D eigenvalue weighted by atomic mass is 10.00. The Bertz CT molecular complexity index is 1710. The molecule has 4 heterocycles. The van der Waals surface area contributed by atoms with Crippen LogP contribution >= 0.6 is 11.6 Å². The van der Waals surface area contributed by atoms with Gasteiger partial charge in [0.15, 0.2) is 6.10 Å². The van der Waals surface area contributed by atoms with Crippen molar-refractivity contribution < 1.29 is 42.2 Å². The summed E-state index contributed by atoms with van der Waals surface area (Å²) in [6, 6.07) is 9.07. The van der Waals surface area contributed by atoms with E-state index in [0.717, 1.165) is 30.2 Å². The Hall–Kier alpha value is -4.28. The number of nitrogen functional groups attached to an aromatic ring is 1. The number of nitrogens with one attached hydrogen (secondary N) is 1. The maximum absolute atomic E-state index is 14.1. The molecule has 2 atom stereocenters. The minimum absolute atomic E-state index is 0.0422. The zero-order valence-electron chi connectivity index (χ0n) is 30.2. The Kier molecular flexibility index (Phi) is 12.1. The van der Waals surface area contributed by atoms with Crippen molar-refractivity contribution in [3.63, 3.8) is 0 Å². The molecule has 1 unspecified atom stereocenters. The number of anilines is 2. The number of likely N-dealkylation sites (tertiary alicyclic amines) is 2. The lowest BCUT2D eigenvalue weighted by Crippen LogP contribution is -2.57. The van der Waals surface area contributed by atoms with Gasteiger partial charge in [0.25, 0.3) is 5.91 Å². The lowest BCUT2D eigenvalue weighted by Gasteiger charge is -2.44. The molecule has 0 bridgehead atoms. The van der Waals surface area contributed by atoms with Gasteiger partial charge in [-0.25, -0.2) is 9.59 Å². The van der Waals surface area contributed by atoms with Gasteiger partial charge in [0.1, 0.15) is 6.04 Å². The van der Waals surface area contributed by atoms with Gasteiger partial charge in [0, 0.05) is 83.1 Å². The number of amides is 4. The number of halogens is 4. The second kappa shape index (κ2) is 16.6. The molecular formula is C37H47ClF3N7O6. The highest BCUT2D eigenvalue weighted by molar-refractivity contribution is 6.33. The number of carbonyl (C=O) groups is 4. The molecule has 17 heteroatoms. The van der Waals surface area contributed by atoms with E-state index >= 15 is 0 Å². The van der Waals surface area contributed by atoms with E-state index in [9.17, 15) is 37.5 Å². The predicted octanol–water partition coefficient (Wildman–Crippen LogP) is 4.63. The third-order valence-corrected chi connectivity index (χ3v) is 11.6. The molecule has 0 saturated carbocycles. The standard InChI is InChI=1S/C37H47ClF3N7O6/c1-23(34(50)51)44-11-7-26(8-12-44)45-16-18-46(19-17-45)33(49)31(22-24-20-28(37(39,40)41)32(42)29(38)21-24)54-36(53)47-13-9-27(10-14-47)48-15-6-25-4-2-3-5-30(25)43-35(48)52/h2-5,20-21,23,26-27,31H,6-19,22,42H2,1H3,(H,43,52)(H,50,51)/t23-,31?/m1/s1. The van der Waals surface area contributed by atoms with Gasteiger partial charge in [-0.1, -0.05) is 29.8 Å². The average molecular weight is 778 g/mol. The number of aliphatic carboxylic acids is 1. The molecule has 0 radical (unpaired) electrons. The minimum atomic E-state index is -4.80. The van der Waals surface area contributed by atoms with Crippen LogP contribution < -0.4 is 11.1 Å². The normalized spacial score (nSPS) is 20.8. The summed E-state index contributed by atoms with van der Waals surface area (Å²) in [4.78, 5) is 61.2. The Morgan fingerprint density at radius 2 is 1.59 bits per heavy atom. The van der Waals surface area contributed by atoms with Gasteiger partial charge in [0.05, 0.1) is 16.3 Å². The van der Waals surface area contributed by atoms with E-state index in [-0.39, 0.29) is 48.2 Å². The highest BCUT2D eigenvalue weighted by Gasteiger charge is 2.39. The van der Waals surface area contributed by atoms with Crippen molar-refractivity contribution in [3.8, 4) is 0 Å². The zero-order valence-corrected chi connectivity index (χ0v) is 30.9. The first-order chi connectivity index (χ1) is 25.7. The van der Waals surface area contributed by atoms with Crippen LogP contribution in [0.5, 0.6) is 0 Å². The summed E-state index contributed by atoms with van der Waals surface area (Å²) in [5.74, 6) is -1.38. The van der Waals surface area contributed by atoms with E-state index in [1.54, 1.807) is 16.7 Å². The van der Waals surface area contributed by atoms with Crippen LogP contribution in [0.3, 0.4) is 0 Å².